The molecule has 0 radical (unpaired) electrons. The standard InChI is InChI=1S/C25H34N4O5S2/c1-24(2)13-18-19(21(26)30)23(35-20(18)25(3,4)28-24)27-22(31)15-8-10-17(11-9-15)36(32,33)29(5)14-16-7-6-12-34-16/h8-11,16,28H,6-7,12-14H2,1-5H3,(H2,26,30)(H,27,31)/t16-/m0/s1. The maximum absolute atomic E-state index is 13.1. The summed E-state index contributed by atoms with van der Waals surface area (Å²) in [4.78, 5) is 26.5. The number of carbonyl (C=O) groups is 2. The predicted molar refractivity (Wildman–Crippen MR) is 140 cm³/mol. The second-order valence-corrected chi connectivity index (χ2v) is 13.8. The lowest BCUT2D eigenvalue weighted by atomic mass is 9.81. The number of thiophene rings is 1. The number of sulfonamides is 1. The molecule has 1 atom stereocenters. The van der Waals surface area contributed by atoms with Gasteiger partial charge in [0.2, 0.25) is 10.0 Å². The van der Waals surface area contributed by atoms with Crippen LogP contribution in [-0.4, -0.2) is 56.4 Å². The van der Waals surface area contributed by atoms with E-state index in [1.807, 2.05) is 13.8 Å². The van der Waals surface area contributed by atoms with Gasteiger partial charge in [-0.2, -0.15) is 4.31 Å². The Labute approximate surface area is 216 Å². The van der Waals surface area contributed by atoms with E-state index in [9.17, 15) is 18.0 Å². The minimum Gasteiger partial charge on any atom is -0.377 e. The molecule has 2 aliphatic rings. The Morgan fingerprint density at radius 2 is 1.89 bits per heavy atom. The summed E-state index contributed by atoms with van der Waals surface area (Å²) < 4.78 is 32.7. The quantitative estimate of drug-likeness (QED) is 0.500. The van der Waals surface area contributed by atoms with Gasteiger partial charge in [0.15, 0.2) is 0 Å². The van der Waals surface area contributed by atoms with Gasteiger partial charge >= 0.3 is 0 Å². The molecule has 1 saturated heterocycles. The fourth-order valence-corrected chi connectivity index (χ4v) is 7.66. The van der Waals surface area contributed by atoms with Crippen molar-refractivity contribution in [3.8, 4) is 0 Å². The van der Waals surface area contributed by atoms with Crippen molar-refractivity contribution in [2.24, 2.45) is 5.73 Å². The van der Waals surface area contributed by atoms with Gasteiger partial charge in [-0.05, 0) is 76.8 Å². The summed E-state index contributed by atoms with van der Waals surface area (Å²) in [5.41, 5.74) is 6.56. The van der Waals surface area contributed by atoms with Gasteiger partial charge in [-0.15, -0.1) is 11.3 Å². The first kappa shape index (κ1) is 26.7. The van der Waals surface area contributed by atoms with E-state index in [-0.39, 0.29) is 28.6 Å². The molecule has 0 aliphatic carbocycles. The van der Waals surface area contributed by atoms with Gasteiger partial charge in [0.05, 0.1) is 16.6 Å². The van der Waals surface area contributed by atoms with E-state index in [0.29, 0.717) is 23.6 Å². The maximum Gasteiger partial charge on any atom is 0.256 e. The molecule has 196 valence electrons. The molecule has 2 aromatic rings. The van der Waals surface area contributed by atoms with Gasteiger partial charge in [-0.1, -0.05) is 0 Å². The van der Waals surface area contributed by atoms with Crippen LogP contribution >= 0.6 is 11.3 Å². The summed E-state index contributed by atoms with van der Waals surface area (Å²) in [6.07, 6.45) is 2.27. The molecule has 1 aromatic heterocycles. The molecular formula is C25H34N4O5S2. The molecular weight excluding hydrogens is 500 g/mol. The number of nitrogens with one attached hydrogen (secondary N) is 2. The first-order valence-electron chi connectivity index (χ1n) is 12.0. The highest BCUT2D eigenvalue weighted by atomic mass is 32.2. The second-order valence-electron chi connectivity index (χ2n) is 10.7. The third-order valence-electron chi connectivity index (χ3n) is 6.63. The lowest BCUT2D eigenvalue weighted by molar-refractivity contribution is 0.0978. The minimum absolute atomic E-state index is 0.0963. The number of ether oxygens (including phenoxy) is 1. The summed E-state index contributed by atoms with van der Waals surface area (Å²) in [6, 6.07) is 5.77. The Morgan fingerprint density at radius 3 is 2.47 bits per heavy atom. The van der Waals surface area contributed by atoms with Gasteiger partial charge in [0.25, 0.3) is 11.8 Å². The van der Waals surface area contributed by atoms with Crippen LogP contribution in [-0.2, 0) is 26.7 Å². The fourth-order valence-electron chi connectivity index (χ4n) is 5.18. The highest BCUT2D eigenvalue weighted by Gasteiger charge is 2.41. The number of primary amides is 1. The summed E-state index contributed by atoms with van der Waals surface area (Å²) in [6.45, 7) is 9.13. The molecule has 0 saturated carbocycles. The molecule has 2 aliphatic heterocycles. The number of nitrogens with zero attached hydrogens (tertiary/aromatic N) is 1. The average Bonchev–Trinajstić information content (AvgIpc) is 3.40. The second kappa shape index (κ2) is 9.53. The highest BCUT2D eigenvalue weighted by Crippen LogP contribution is 2.45. The third-order valence-corrected chi connectivity index (χ3v) is 9.94. The molecule has 11 heteroatoms. The lowest BCUT2D eigenvalue weighted by Gasteiger charge is -2.42. The zero-order valence-electron chi connectivity index (χ0n) is 21.3. The molecule has 4 rings (SSSR count). The molecule has 2 amide bonds. The Morgan fingerprint density at radius 1 is 1.22 bits per heavy atom. The molecule has 0 spiro atoms. The number of anilines is 1. The lowest BCUT2D eigenvalue weighted by Crippen LogP contribution is -2.55. The summed E-state index contributed by atoms with van der Waals surface area (Å²) >= 11 is 1.34. The highest BCUT2D eigenvalue weighted by molar-refractivity contribution is 7.89. The number of fused-ring (bicyclic) bond motifs is 1. The Kier molecular flexibility index (Phi) is 7.08. The van der Waals surface area contributed by atoms with Gasteiger partial charge < -0.3 is 21.1 Å². The largest absolute Gasteiger partial charge is 0.377 e. The summed E-state index contributed by atoms with van der Waals surface area (Å²) in [7, 11) is -2.19. The zero-order chi connectivity index (χ0) is 26.5. The number of carbonyl (C=O) groups excluding carboxylic acids is 2. The van der Waals surface area contributed by atoms with E-state index in [2.05, 4.69) is 24.5 Å². The molecule has 1 fully saturated rings. The van der Waals surface area contributed by atoms with Crippen molar-refractivity contribution in [3.05, 3.63) is 45.8 Å². The van der Waals surface area contributed by atoms with Gasteiger partial charge in [-0.3, -0.25) is 9.59 Å². The third kappa shape index (κ3) is 5.21. The SMILES string of the molecule is CN(C[C@@H]1CCCO1)S(=O)(=O)c1ccc(C(=O)Nc2sc3c(c2C(N)=O)CC(C)(C)NC3(C)C)cc1. The molecule has 0 bridgehead atoms. The van der Waals surface area contributed by atoms with Crippen LogP contribution in [0.15, 0.2) is 29.2 Å². The number of rotatable bonds is 7. The normalized spacial score (nSPS) is 20.8. The van der Waals surface area contributed by atoms with Crippen LogP contribution < -0.4 is 16.4 Å². The fraction of sp³-hybridized carbons (Fsp3) is 0.520. The van der Waals surface area contributed by atoms with E-state index in [1.165, 1.54) is 47.0 Å². The van der Waals surface area contributed by atoms with Gasteiger partial charge in [0.1, 0.15) is 5.00 Å². The van der Waals surface area contributed by atoms with Crippen LogP contribution in [0.2, 0.25) is 0 Å². The minimum atomic E-state index is -3.72. The molecule has 0 unspecified atom stereocenters. The number of hydrogen-bond donors (Lipinski definition) is 3. The van der Waals surface area contributed by atoms with E-state index in [1.54, 1.807) is 0 Å². The topological polar surface area (TPSA) is 131 Å². The van der Waals surface area contributed by atoms with E-state index in [4.69, 9.17) is 10.5 Å². The van der Waals surface area contributed by atoms with E-state index in [0.717, 1.165) is 23.3 Å². The molecule has 3 heterocycles. The van der Waals surface area contributed by atoms with Crippen molar-refractivity contribution in [3.63, 3.8) is 0 Å². The van der Waals surface area contributed by atoms with Crippen molar-refractivity contribution >= 4 is 38.2 Å². The van der Waals surface area contributed by atoms with Crippen LogP contribution in [0.1, 0.15) is 71.7 Å². The smallest absolute Gasteiger partial charge is 0.256 e. The maximum atomic E-state index is 13.1. The van der Waals surface area contributed by atoms with Crippen LogP contribution in [0.4, 0.5) is 5.00 Å². The Balaban J connectivity index is 1.55. The Hall–Kier alpha value is -2.31. The molecule has 36 heavy (non-hydrogen) atoms. The van der Waals surface area contributed by atoms with Gasteiger partial charge in [0, 0.05) is 41.7 Å². The first-order valence-corrected chi connectivity index (χ1v) is 14.2. The van der Waals surface area contributed by atoms with Crippen molar-refractivity contribution in [1.29, 1.82) is 0 Å². The van der Waals surface area contributed by atoms with Gasteiger partial charge in [-0.25, -0.2) is 8.42 Å². The number of amides is 2. The van der Waals surface area contributed by atoms with E-state index >= 15 is 0 Å². The summed E-state index contributed by atoms with van der Waals surface area (Å²) in [5, 5.41) is 6.82. The molecule has 1 aromatic carbocycles. The van der Waals surface area contributed by atoms with Crippen LogP contribution in [0, 0.1) is 0 Å². The number of hydrogen-bond acceptors (Lipinski definition) is 7. The van der Waals surface area contributed by atoms with Crippen LogP contribution in [0.5, 0.6) is 0 Å². The summed E-state index contributed by atoms with van der Waals surface area (Å²) in [5.74, 6) is -1.04. The van der Waals surface area contributed by atoms with E-state index < -0.39 is 27.4 Å². The monoisotopic (exact) mass is 534 g/mol. The van der Waals surface area contributed by atoms with Crippen molar-refractivity contribution in [2.45, 2.75) is 69.0 Å². The van der Waals surface area contributed by atoms with Crippen molar-refractivity contribution in [2.75, 3.05) is 25.5 Å². The predicted octanol–water partition coefficient (Wildman–Crippen LogP) is 3.06. The Bertz CT molecular complexity index is 1280. The first-order chi connectivity index (χ1) is 16.7. The molecule has 4 N–H and O–H groups in total. The van der Waals surface area contributed by atoms with Crippen LogP contribution in [0.25, 0.3) is 0 Å². The number of benzene rings is 1. The van der Waals surface area contributed by atoms with Crippen molar-refractivity contribution in [1.82, 2.24) is 9.62 Å². The average molecular weight is 535 g/mol. The molecule has 9 nitrogen and oxygen atoms in total. The zero-order valence-corrected chi connectivity index (χ0v) is 22.9. The van der Waals surface area contributed by atoms with Crippen molar-refractivity contribution < 1.29 is 22.7 Å². The number of likely N-dealkylation sites (N-methyl/N-ethyl adjacent to an activating group) is 1. The van der Waals surface area contributed by atoms with Crippen LogP contribution in [0.3, 0.4) is 0 Å². The number of nitrogens with two attached hydrogens (primary N) is 1.